The van der Waals surface area contributed by atoms with Crippen LogP contribution < -0.4 is 15.4 Å². The smallest absolute Gasteiger partial charge is 0.196 e. The molecule has 0 saturated carbocycles. The van der Waals surface area contributed by atoms with Crippen LogP contribution in [0, 0.1) is 17.5 Å². The van der Waals surface area contributed by atoms with Crippen LogP contribution in [0.5, 0.6) is 5.75 Å². The standard InChI is InChI=1S/C19H17F3N4O/c1-11(2)27-13-5-3-12(4-6-13)25-16-9-17(24-10-23-16)26-15-8-7-14(20)18(21)19(15)22/h3-11H,1-2H3,(H2,23,24,25,26). The van der Waals surface area contributed by atoms with E-state index in [1.807, 2.05) is 38.1 Å². The van der Waals surface area contributed by atoms with E-state index < -0.39 is 17.5 Å². The third kappa shape index (κ3) is 4.66. The molecule has 2 N–H and O–H groups in total. The second-order valence-corrected chi connectivity index (χ2v) is 5.95. The van der Waals surface area contributed by atoms with Crippen LogP contribution in [0.3, 0.4) is 0 Å². The van der Waals surface area contributed by atoms with Gasteiger partial charge in [0.15, 0.2) is 17.5 Å². The molecule has 0 radical (unpaired) electrons. The monoisotopic (exact) mass is 374 g/mol. The number of anilines is 4. The van der Waals surface area contributed by atoms with Crippen LogP contribution >= 0.6 is 0 Å². The molecule has 3 rings (SSSR count). The zero-order chi connectivity index (χ0) is 19.4. The molecular formula is C19H17F3N4O. The van der Waals surface area contributed by atoms with E-state index in [-0.39, 0.29) is 17.6 Å². The highest BCUT2D eigenvalue weighted by Gasteiger charge is 2.14. The minimum absolute atomic E-state index is 0.0796. The number of hydrogen-bond acceptors (Lipinski definition) is 5. The zero-order valence-corrected chi connectivity index (χ0v) is 14.6. The summed E-state index contributed by atoms with van der Waals surface area (Å²) >= 11 is 0. The maximum Gasteiger partial charge on any atom is 0.196 e. The summed E-state index contributed by atoms with van der Waals surface area (Å²) in [5, 5.41) is 5.68. The molecule has 1 heterocycles. The number of benzene rings is 2. The lowest BCUT2D eigenvalue weighted by Gasteiger charge is -2.12. The SMILES string of the molecule is CC(C)Oc1ccc(Nc2cc(Nc3ccc(F)c(F)c3F)ncn2)cc1. The number of aromatic nitrogens is 2. The van der Waals surface area contributed by atoms with Crippen molar-refractivity contribution in [2.24, 2.45) is 0 Å². The number of hydrogen-bond donors (Lipinski definition) is 2. The van der Waals surface area contributed by atoms with Gasteiger partial charge in [-0.05, 0) is 50.2 Å². The van der Waals surface area contributed by atoms with E-state index in [0.29, 0.717) is 5.82 Å². The lowest BCUT2D eigenvalue weighted by atomic mass is 10.2. The van der Waals surface area contributed by atoms with Crippen LogP contribution in [0.1, 0.15) is 13.8 Å². The molecule has 140 valence electrons. The highest BCUT2D eigenvalue weighted by atomic mass is 19.2. The van der Waals surface area contributed by atoms with Crippen molar-refractivity contribution in [3.8, 4) is 5.75 Å². The van der Waals surface area contributed by atoms with Crippen LogP contribution in [-0.2, 0) is 0 Å². The summed E-state index contributed by atoms with van der Waals surface area (Å²) in [5.41, 5.74) is 0.531. The molecule has 2 aromatic carbocycles. The highest BCUT2D eigenvalue weighted by molar-refractivity contribution is 5.63. The fraction of sp³-hybridized carbons (Fsp3) is 0.158. The van der Waals surface area contributed by atoms with Gasteiger partial charge >= 0.3 is 0 Å². The first-order chi connectivity index (χ1) is 12.9. The van der Waals surface area contributed by atoms with Gasteiger partial charge in [-0.25, -0.2) is 23.1 Å². The number of rotatable bonds is 6. The van der Waals surface area contributed by atoms with Crippen molar-refractivity contribution in [1.29, 1.82) is 0 Å². The van der Waals surface area contributed by atoms with E-state index in [1.54, 1.807) is 0 Å². The maximum atomic E-state index is 13.8. The molecule has 0 unspecified atom stereocenters. The van der Waals surface area contributed by atoms with Crippen molar-refractivity contribution in [3.63, 3.8) is 0 Å². The molecule has 0 aliphatic heterocycles. The lowest BCUT2D eigenvalue weighted by Crippen LogP contribution is -2.05. The average Bonchev–Trinajstić information content (AvgIpc) is 2.64. The first kappa shape index (κ1) is 18.5. The molecule has 0 amide bonds. The summed E-state index contributed by atoms with van der Waals surface area (Å²) in [5.74, 6) is -2.72. The minimum atomic E-state index is -1.55. The fourth-order valence-corrected chi connectivity index (χ4v) is 2.29. The molecule has 0 aliphatic rings. The molecule has 0 saturated heterocycles. The Kier molecular flexibility index (Phi) is 5.44. The third-order valence-electron chi connectivity index (χ3n) is 3.46. The Balaban J connectivity index is 1.73. The fourth-order valence-electron chi connectivity index (χ4n) is 2.29. The van der Waals surface area contributed by atoms with E-state index in [9.17, 15) is 13.2 Å². The van der Waals surface area contributed by atoms with E-state index in [2.05, 4.69) is 20.6 Å². The second-order valence-electron chi connectivity index (χ2n) is 5.95. The summed E-state index contributed by atoms with van der Waals surface area (Å²) in [6.45, 7) is 3.88. The molecular weight excluding hydrogens is 357 g/mol. The number of nitrogens with zero attached hydrogens (tertiary/aromatic N) is 2. The van der Waals surface area contributed by atoms with Gasteiger partial charge in [-0.1, -0.05) is 0 Å². The summed E-state index contributed by atoms with van der Waals surface area (Å²) < 4.78 is 45.7. The average molecular weight is 374 g/mol. The highest BCUT2D eigenvalue weighted by Crippen LogP contribution is 2.24. The number of nitrogens with one attached hydrogen (secondary N) is 2. The molecule has 1 aromatic heterocycles. The Morgan fingerprint density at radius 3 is 2.19 bits per heavy atom. The summed E-state index contributed by atoms with van der Waals surface area (Å²) in [6.07, 6.45) is 1.34. The van der Waals surface area contributed by atoms with Crippen LogP contribution in [0.2, 0.25) is 0 Å². The summed E-state index contributed by atoms with van der Waals surface area (Å²) in [4.78, 5) is 8.03. The molecule has 0 spiro atoms. The number of ether oxygens (including phenoxy) is 1. The zero-order valence-electron chi connectivity index (χ0n) is 14.6. The van der Waals surface area contributed by atoms with Gasteiger partial charge in [0, 0.05) is 11.8 Å². The Bertz CT molecular complexity index is 933. The van der Waals surface area contributed by atoms with Gasteiger partial charge in [-0.2, -0.15) is 0 Å². The van der Waals surface area contributed by atoms with Crippen molar-refractivity contribution in [2.75, 3.05) is 10.6 Å². The van der Waals surface area contributed by atoms with E-state index in [0.717, 1.165) is 23.6 Å². The Morgan fingerprint density at radius 1 is 0.852 bits per heavy atom. The molecule has 5 nitrogen and oxygen atoms in total. The molecule has 0 fully saturated rings. The molecule has 0 aliphatic carbocycles. The number of halogens is 3. The van der Waals surface area contributed by atoms with Crippen molar-refractivity contribution < 1.29 is 17.9 Å². The van der Waals surface area contributed by atoms with Crippen LogP contribution in [0.4, 0.5) is 36.2 Å². The Morgan fingerprint density at radius 2 is 1.52 bits per heavy atom. The Labute approximate surface area is 154 Å². The first-order valence-electron chi connectivity index (χ1n) is 8.18. The largest absolute Gasteiger partial charge is 0.491 e. The predicted octanol–water partition coefficient (Wildman–Crippen LogP) is 5.17. The van der Waals surface area contributed by atoms with Gasteiger partial charge in [0.05, 0.1) is 11.8 Å². The van der Waals surface area contributed by atoms with E-state index in [1.165, 1.54) is 12.4 Å². The maximum absolute atomic E-state index is 13.8. The topological polar surface area (TPSA) is 59.1 Å². The van der Waals surface area contributed by atoms with Crippen molar-refractivity contribution in [1.82, 2.24) is 9.97 Å². The summed E-state index contributed by atoms with van der Waals surface area (Å²) in [7, 11) is 0. The minimum Gasteiger partial charge on any atom is -0.491 e. The van der Waals surface area contributed by atoms with E-state index in [4.69, 9.17) is 4.74 Å². The second kappa shape index (κ2) is 7.94. The van der Waals surface area contributed by atoms with E-state index >= 15 is 0 Å². The van der Waals surface area contributed by atoms with Crippen LogP contribution in [0.25, 0.3) is 0 Å². The first-order valence-corrected chi connectivity index (χ1v) is 8.18. The van der Waals surface area contributed by atoms with Crippen molar-refractivity contribution >= 4 is 23.0 Å². The van der Waals surface area contributed by atoms with Gasteiger partial charge in [0.25, 0.3) is 0 Å². The van der Waals surface area contributed by atoms with Gasteiger partial charge in [-0.3, -0.25) is 0 Å². The quantitative estimate of drug-likeness (QED) is 0.583. The van der Waals surface area contributed by atoms with Gasteiger partial charge in [0.1, 0.15) is 23.7 Å². The normalized spacial score (nSPS) is 10.7. The van der Waals surface area contributed by atoms with Gasteiger partial charge < -0.3 is 15.4 Å². The molecule has 27 heavy (non-hydrogen) atoms. The van der Waals surface area contributed by atoms with Crippen molar-refractivity contribution in [2.45, 2.75) is 20.0 Å². The molecule has 0 bridgehead atoms. The van der Waals surface area contributed by atoms with Crippen LogP contribution in [0.15, 0.2) is 48.8 Å². The van der Waals surface area contributed by atoms with Gasteiger partial charge in [-0.15, -0.1) is 0 Å². The van der Waals surface area contributed by atoms with Gasteiger partial charge in [0.2, 0.25) is 0 Å². The van der Waals surface area contributed by atoms with Crippen molar-refractivity contribution in [3.05, 3.63) is 66.2 Å². The third-order valence-corrected chi connectivity index (χ3v) is 3.46. The summed E-state index contributed by atoms with van der Waals surface area (Å²) in [6, 6.07) is 10.7. The lowest BCUT2D eigenvalue weighted by molar-refractivity contribution is 0.242. The molecule has 0 atom stereocenters. The Hall–Kier alpha value is -3.29. The van der Waals surface area contributed by atoms with Crippen LogP contribution in [-0.4, -0.2) is 16.1 Å². The molecule has 8 heteroatoms. The predicted molar refractivity (Wildman–Crippen MR) is 97.1 cm³/mol. The molecule has 3 aromatic rings.